The second kappa shape index (κ2) is 10.8. The summed E-state index contributed by atoms with van der Waals surface area (Å²) in [6, 6.07) is 7.65. The summed E-state index contributed by atoms with van der Waals surface area (Å²) in [6.07, 6.45) is 3.20. The Bertz CT molecular complexity index is 994. The van der Waals surface area contributed by atoms with E-state index >= 15 is 0 Å². The predicted molar refractivity (Wildman–Crippen MR) is 122 cm³/mol. The molecule has 0 aliphatic heterocycles. The number of allylic oxidation sites excluding steroid dienone is 1. The van der Waals surface area contributed by atoms with Crippen molar-refractivity contribution >= 4 is 23.5 Å². The molecule has 9 heteroatoms. The number of hydrogen-bond acceptors (Lipinski definition) is 4. The van der Waals surface area contributed by atoms with Gasteiger partial charge in [-0.05, 0) is 37.0 Å². The first kappa shape index (κ1) is 24.1. The van der Waals surface area contributed by atoms with E-state index in [1.807, 2.05) is 24.3 Å². The number of carbonyl (C=O) groups is 1. The minimum Gasteiger partial charge on any atom is -0.397 e. The Morgan fingerprint density at radius 1 is 1.35 bits per heavy atom. The molecule has 2 rings (SSSR count). The van der Waals surface area contributed by atoms with Crippen molar-refractivity contribution in [3.63, 3.8) is 0 Å². The number of amides is 1. The molecular weight excluding hydrogens is 419 g/mol. The molecule has 1 aromatic heterocycles. The molecule has 0 spiro atoms. The fourth-order valence-electron chi connectivity index (χ4n) is 3.02. The summed E-state index contributed by atoms with van der Waals surface area (Å²) < 4.78 is 14.6. The molecule has 0 radical (unpaired) electrons. The van der Waals surface area contributed by atoms with Gasteiger partial charge in [-0.15, -0.1) is 0 Å². The summed E-state index contributed by atoms with van der Waals surface area (Å²) in [6.45, 7) is 9.68. The van der Waals surface area contributed by atoms with Crippen molar-refractivity contribution in [2.75, 3.05) is 6.54 Å². The number of rotatable bonds is 8. The monoisotopic (exact) mass is 446 g/mol. The Morgan fingerprint density at radius 2 is 2.00 bits per heavy atom. The van der Waals surface area contributed by atoms with Crippen LogP contribution in [0.25, 0.3) is 0 Å². The van der Waals surface area contributed by atoms with E-state index in [2.05, 4.69) is 35.8 Å². The maximum atomic E-state index is 13.4. The quantitative estimate of drug-likeness (QED) is 0.325. The van der Waals surface area contributed by atoms with Crippen LogP contribution in [-0.2, 0) is 0 Å². The molecule has 0 aliphatic carbocycles. The largest absolute Gasteiger partial charge is 0.397 e. The standard InChI is InChI=1S/C22H28ClFN6O/c1-13(2)9-17(16-5-7-18(23)8-6-16)10-27-21(31)19-12-30(29-15(19)4)22(26)28-11-20(24)14(3)25/h5-8,11-13,17H,3,9-10,25H2,1-2,4H3,(H2,26,28)(H,27,31)/b20-11+. The lowest BCUT2D eigenvalue weighted by atomic mass is 9.90. The molecule has 1 atom stereocenters. The third kappa shape index (κ3) is 6.96. The van der Waals surface area contributed by atoms with Crippen LogP contribution in [0.2, 0.25) is 5.02 Å². The highest BCUT2D eigenvalue weighted by Crippen LogP contribution is 2.25. The van der Waals surface area contributed by atoms with E-state index in [1.54, 1.807) is 6.92 Å². The fourth-order valence-corrected chi connectivity index (χ4v) is 3.14. The minimum atomic E-state index is -0.803. The number of nitrogens with two attached hydrogens (primary N) is 2. The molecule has 1 heterocycles. The third-order valence-electron chi connectivity index (χ3n) is 4.60. The molecule has 31 heavy (non-hydrogen) atoms. The predicted octanol–water partition coefficient (Wildman–Crippen LogP) is 3.85. The first-order valence-electron chi connectivity index (χ1n) is 9.82. The van der Waals surface area contributed by atoms with Gasteiger partial charge in [0.1, 0.15) is 0 Å². The average molecular weight is 447 g/mol. The van der Waals surface area contributed by atoms with Crippen LogP contribution in [0.1, 0.15) is 47.8 Å². The summed E-state index contributed by atoms with van der Waals surface area (Å²) in [7, 11) is 0. The van der Waals surface area contributed by atoms with Crippen LogP contribution in [0.5, 0.6) is 0 Å². The number of carbonyl (C=O) groups excluding carboxylic acids is 1. The Labute approximate surface area is 186 Å². The van der Waals surface area contributed by atoms with Crippen molar-refractivity contribution < 1.29 is 9.18 Å². The van der Waals surface area contributed by atoms with Crippen LogP contribution in [0, 0.1) is 12.8 Å². The summed E-state index contributed by atoms with van der Waals surface area (Å²) in [5.74, 6) is -0.603. The van der Waals surface area contributed by atoms with Gasteiger partial charge < -0.3 is 16.8 Å². The second-order valence-electron chi connectivity index (χ2n) is 7.65. The van der Waals surface area contributed by atoms with Crippen LogP contribution in [0.4, 0.5) is 4.39 Å². The molecule has 1 amide bonds. The topological polar surface area (TPSA) is 111 Å². The third-order valence-corrected chi connectivity index (χ3v) is 4.85. The lowest BCUT2D eigenvalue weighted by molar-refractivity contribution is 0.0949. The average Bonchev–Trinajstić information content (AvgIpc) is 3.11. The number of nitrogens with one attached hydrogen (secondary N) is 1. The van der Waals surface area contributed by atoms with Crippen molar-refractivity contribution in [2.24, 2.45) is 22.4 Å². The molecule has 0 saturated carbocycles. The van der Waals surface area contributed by atoms with E-state index in [0.717, 1.165) is 18.2 Å². The summed E-state index contributed by atoms with van der Waals surface area (Å²) >= 11 is 6.00. The zero-order valence-electron chi connectivity index (χ0n) is 17.9. The maximum Gasteiger partial charge on any atom is 0.254 e. The molecular formula is C22H28ClFN6O. The molecule has 7 nitrogen and oxygen atoms in total. The first-order chi connectivity index (χ1) is 14.6. The SMILES string of the molecule is C=C(N)/C(F)=C\N=C(/N)n1cc(C(=O)NCC(CC(C)C)c2ccc(Cl)cc2)c(C)n1. The number of aliphatic imine (C=N–C) groups is 1. The minimum absolute atomic E-state index is 0.114. The summed E-state index contributed by atoms with van der Waals surface area (Å²) in [5.41, 5.74) is 12.7. The van der Waals surface area contributed by atoms with Crippen molar-refractivity contribution in [1.82, 2.24) is 15.1 Å². The molecule has 5 N–H and O–H groups in total. The van der Waals surface area contributed by atoms with Gasteiger partial charge >= 0.3 is 0 Å². The number of aromatic nitrogens is 2. The van der Waals surface area contributed by atoms with Gasteiger partial charge in [0.2, 0.25) is 5.96 Å². The van der Waals surface area contributed by atoms with E-state index in [0.29, 0.717) is 28.7 Å². The Balaban J connectivity index is 2.14. The van der Waals surface area contributed by atoms with Crippen LogP contribution >= 0.6 is 11.6 Å². The number of benzene rings is 1. The summed E-state index contributed by atoms with van der Waals surface area (Å²) in [5, 5.41) is 7.82. The van der Waals surface area contributed by atoms with E-state index < -0.39 is 5.83 Å². The molecule has 0 fully saturated rings. The number of aryl methyl sites for hydroxylation is 1. The van der Waals surface area contributed by atoms with E-state index in [9.17, 15) is 9.18 Å². The Morgan fingerprint density at radius 3 is 2.58 bits per heavy atom. The van der Waals surface area contributed by atoms with Gasteiger partial charge in [-0.25, -0.2) is 14.1 Å². The molecule has 0 saturated heterocycles. The zero-order chi connectivity index (χ0) is 23.1. The van der Waals surface area contributed by atoms with Crippen LogP contribution < -0.4 is 16.8 Å². The van der Waals surface area contributed by atoms with Crippen molar-refractivity contribution in [3.8, 4) is 0 Å². The van der Waals surface area contributed by atoms with Crippen LogP contribution in [0.15, 0.2) is 59.8 Å². The highest BCUT2D eigenvalue weighted by molar-refractivity contribution is 6.30. The van der Waals surface area contributed by atoms with Gasteiger partial charge in [-0.2, -0.15) is 5.10 Å². The van der Waals surface area contributed by atoms with E-state index in [-0.39, 0.29) is 23.5 Å². The lowest BCUT2D eigenvalue weighted by Crippen LogP contribution is -2.29. The van der Waals surface area contributed by atoms with E-state index in [1.165, 1.54) is 10.9 Å². The fraction of sp³-hybridized carbons (Fsp3) is 0.318. The van der Waals surface area contributed by atoms with Crippen molar-refractivity contribution in [1.29, 1.82) is 0 Å². The molecule has 2 aromatic rings. The van der Waals surface area contributed by atoms with Crippen molar-refractivity contribution in [2.45, 2.75) is 33.1 Å². The molecule has 1 aromatic carbocycles. The van der Waals surface area contributed by atoms with Gasteiger partial charge in [0, 0.05) is 23.7 Å². The highest BCUT2D eigenvalue weighted by atomic mass is 35.5. The van der Waals surface area contributed by atoms with E-state index in [4.69, 9.17) is 23.1 Å². The van der Waals surface area contributed by atoms with Crippen LogP contribution in [0.3, 0.4) is 0 Å². The van der Waals surface area contributed by atoms with Gasteiger partial charge in [0.05, 0.1) is 23.2 Å². The van der Waals surface area contributed by atoms with Gasteiger partial charge in [0.25, 0.3) is 5.91 Å². The smallest absolute Gasteiger partial charge is 0.254 e. The second-order valence-corrected chi connectivity index (χ2v) is 8.09. The zero-order valence-corrected chi connectivity index (χ0v) is 18.7. The van der Waals surface area contributed by atoms with Crippen LogP contribution in [-0.4, -0.2) is 28.2 Å². The van der Waals surface area contributed by atoms with Crippen molar-refractivity contribution in [3.05, 3.63) is 76.6 Å². The Kier molecular flexibility index (Phi) is 8.38. The Hall–Kier alpha value is -3.13. The molecule has 1 unspecified atom stereocenters. The van der Waals surface area contributed by atoms with Gasteiger partial charge in [-0.1, -0.05) is 44.2 Å². The molecule has 166 valence electrons. The van der Waals surface area contributed by atoms with Gasteiger partial charge in [0.15, 0.2) is 5.83 Å². The maximum absolute atomic E-state index is 13.4. The normalized spacial score (nSPS) is 13.4. The molecule has 0 bridgehead atoms. The van der Waals surface area contributed by atoms with Gasteiger partial charge in [-0.3, -0.25) is 4.79 Å². The number of hydrogen-bond donors (Lipinski definition) is 3. The number of nitrogens with zero attached hydrogens (tertiary/aromatic N) is 3. The first-order valence-corrected chi connectivity index (χ1v) is 10.2. The highest BCUT2D eigenvalue weighted by Gasteiger charge is 2.18. The molecule has 0 aliphatic rings. The number of halogens is 2. The lowest BCUT2D eigenvalue weighted by Gasteiger charge is -2.20. The summed E-state index contributed by atoms with van der Waals surface area (Å²) in [4.78, 5) is 16.5.